The molecule has 118 valence electrons. The normalized spacial score (nSPS) is 10.0. The number of aryl methyl sites for hydroxylation is 1. The lowest BCUT2D eigenvalue weighted by molar-refractivity contribution is 0.0525. The number of nitriles is 1. The molecule has 5 nitrogen and oxygen atoms in total. The van der Waals surface area contributed by atoms with Crippen molar-refractivity contribution in [2.45, 2.75) is 20.5 Å². The Morgan fingerprint density at radius 1 is 1.35 bits per heavy atom. The second-order valence-electron chi connectivity index (χ2n) is 4.67. The minimum absolute atomic E-state index is 0.00780. The third kappa shape index (κ3) is 3.79. The highest BCUT2D eigenvalue weighted by Gasteiger charge is 2.24. The molecule has 0 N–H and O–H groups in total. The monoisotopic (exact) mass is 330 g/mol. The summed E-state index contributed by atoms with van der Waals surface area (Å²) in [6, 6.07) is 11.4. The van der Waals surface area contributed by atoms with Crippen LogP contribution in [0.4, 0.5) is 0 Å². The fourth-order valence-corrected chi connectivity index (χ4v) is 2.20. The molecule has 0 saturated heterocycles. The molecule has 23 heavy (non-hydrogen) atoms. The second kappa shape index (κ2) is 7.61. The number of hydrogen-bond acceptors (Lipinski definition) is 5. The molecule has 2 aromatic rings. The largest absolute Gasteiger partial charge is 0.472 e. The van der Waals surface area contributed by atoms with Crippen molar-refractivity contribution >= 4 is 17.6 Å². The van der Waals surface area contributed by atoms with Crippen LogP contribution in [0.1, 0.15) is 34.1 Å². The van der Waals surface area contributed by atoms with Gasteiger partial charge in [0, 0.05) is 0 Å². The molecule has 2 rings (SSSR count). The molecule has 1 heterocycles. The van der Waals surface area contributed by atoms with Gasteiger partial charge in [-0.15, -0.1) is 0 Å². The predicted molar refractivity (Wildman–Crippen MR) is 85.4 cm³/mol. The van der Waals surface area contributed by atoms with E-state index in [0.29, 0.717) is 5.69 Å². The van der Waals surface area contributed by atoms with E-state index in [1.807, 2.05) is 36.4 Å². The molecule has 0 amide bonds. The number of esters is 1. The number of halogens is 1. The zero-order valence-electron chi connectivity index (χ0n) is 12.8. The first kappa shape index (κ1) is 16.8. The number of hydrogen-bond donors (Lipinski definition) is 0. The highest BCUT2D eigenvalue weighted by atomic mass is 35.5. The van der Waals surface area contributed by atoms with Crippen LogP contribution < -0.4 is 4.74 Å². The van der Waals surface area contributed by atoms with Crippen molar-refractivity contribution in [1.82, 2.24) is 4.98 Å². The third-order valence-electron chi connectivity index (χ3n) is 3.08. The maximum absolute atomic E-state index is 12.1. The number of ether oxygens (including phenoxy) is 2. The molecule has 0 aliphatic heterocycles. The highest BCUT2D eigenvalue weighted by molar-refractivity contribution is 6.34. The third-order valence-corrected chi connectivity index (χ3v) is 3.54. The Balaban J connectivity index is 2.40. The van der Waals surface area contributed by atoms with Crippen LogP contribution in [0, 0.1) is 18.3 Å². The molecule has 0 atom stereocenters. The van der Waals surface area contributed by atoms with Crippen LogP contribution in [-0.2, 0) is 11.3 Å². The number of carbonyl (C=O) groups excluding carboxylic acids is 1. The standard InChI is InChI=1S/C17H15ClN2O3/c1-3-22-17(21)14-13(9-19)16(20-11(2)15(14)18)23-10-12-7-5-4-6-8-12/h4-8H,3,10H2,1-2H3. The fourth-order valence-electron chi connectivity index (χ4n) is 1.98. The summed E-state index contributed by atoms with van der Waals surface area (Å²) in [5.74, 6) is -0.592. The summed E-state index contributed by atoms with van der Waals surface area (Å²) in [4.78, 5) is 16.3. The average Bonchev–Trinajstić information content (AvgIpc) is 2.56. The van der Waals surface area contributed by atoms with E-state index in [4.69, 9.17) is 21.1 Å². The van der Waals surface area contributed by atoms with Crippen LogP contribution in [0.5, 0.6) is 5.88 Å². The van der Waals surface area contributed by atoms with E-state index in [1.165, 1.54) is 0 Å². The number of aromatic nitrogens is 1. The summed E-state index contributed by atoms with van der Waals surface area (Å²) in [5.41, 5.74) is 1.29. The lowest BCUT2D eigenvalue weighted by atomic mass is 10.1. The molecule has 0 radical (unpaired) electrons. The zero-order chi connectivity index (χ0) is 16.8. The molecule has 0 aliphatic rings. The Hall–Kier alpha value is -2.58. The summed E-state index contributed by atoms with van der Waals surface area (Å²) in [6.07, 6.45) is 0. The van der Waals surface area contributed by atoms with E-state index in [2.05, 4.69) is 4.98 Å². The van der Waals surface area contributed by atoms with Crippen molar-refractivity contribution in [1.29, 1.82) is 5.26 Å². The van der Waals surface area contributed by atoms with E-state index < -0.39 is 5.97 Å². The molecule has 0 spiro atoms. The Kier molecular flexibility index (Phi) is 5.56. The van der Waals surface area contributed by atoms with Gasteiger partial charge in [-0.05, 0) is 19.4 Å². The van der Waals surface area contributed by atoms with Gasteiger partial charge in [0.1, 0.15) is 23.8 Å². The molecule has 0 saturated carbocycles. The number of carbonyl (C=O) groups is 1. The maximum atomic E-state index is 12.1. The SMILES string of the molecule is CCOC(=O)c1c(Cl)c(C)nc(OCc2ccccc2)c1C#N. The number of benzene rings is 1. The van der Waals surface area contributed by atoms with Crippen molar-refractivity contribution in [3.05, 3.63) is 57.7 Å². The van der Waals surface area contributed by atoms with Crippen molar-refractivity contribution in [3.8, 4) is 11.9 Å². The van der Waals surface area contributed by atoms with Crippen LogP contribution in [0.15, 0.2) is 30.3 Å². The van der Waals surface area contributed by atoms with Crippen LogP contribution in [-0.4, -0.2) is 17.6 Å². The van der Waals surface area contributed by atoms with Crippen LogP contribution in [0.3, 0.4) is 0 Å². The molecular formula is C17H15ClN2O3. The Labute approximate surface area is 139 Å². The first-order chi connectivity index (χ1) is 11.1. The number of nitrogens with zero attached hydrogens (tertiary/aromatic N) is 2. The molecule has 0 fully saturated rings. The quantitative estimate of drug-likeness (QED) is 0.782. The zero-order valence-corrected chi connectivity index (χ0v) is 13.6. The smallest absolute Gasteiger partial charge is 0.341 e. The summed E-state index contributed by atoms with van der Waals surface area (Å²) in [6.45, 7) is 3.73. The Morgan fingerprint density at radius 2 is 2.04 bits per heavy atom. The van der Waals surface area contributed by atoms with Crippen molar-refractivity contribution in [2.24, 2.45) is 0 Å². The van der Waals surface area contributed by atoms with Gasteiger partial charge in [0.05, 0.1) is 17.3 Å². The van der Waals surface area contributed by atoms with Gasteiger partial charge in [0.15, 0.2) is 0 Å². The van der Waals surface area contributed by atoms with Crippen LogP contribution in [0.25, 0.3) is 0 Å². The number of rotatable bonds is 5. The second-order valence-corrected chi connectivity index (χ2v) is 5.05. The Bertz CT molecular complexity index is 755. The minimum atomic E-state index is -0.663. The molecule has 0 unspecified atom stereocenters. The van der Waals surface area contributed by atoms with Crippen LogP contribution >= 0.6 is 11.6 Å². The Morgan fingerprint density at radius 3 is 2.65 bits per heavy atom. The molecule has 6 heteroatoms. The molecule has 0 bridgehead atoms. The van der Waals surface area contributed by atoms with Gasteiger partial charge in [0.25, 0.3) is 0 Å². The van der Waals surface area contributed by atoms with Gasteiger partial charge in [-0.1, -0.05) is 41.9 Å². The van der Waals surface area contributed by atoms with E-state index >= 15 is 0 Å². The van der Waals surface area contributed by atoms with Gasteiger partial charge >= 0.3 is 5.97 Å². The molecular weight excluding hydrogens is 316 g/mol. The molecule has 1 aromatic heterocycles. The summed E-state index contributed by atoms with van der Waals surface area (Å²) < 4.78 is 10.6. The lowest BCUT2D eigenvalue weighted by Gasteiger charge is -2.13. The molecule has 1 aromatic carbocycles. The maximum Gasteiger partial charge on any atom is 0.341 e. The lowest BCUT2D eigenvalue weighted by Crippen LogP contribution is -2.12. The predicted octanol–water partition coefficient (Wildman–Crippen LogP) is 3.67. The summed E-state index contributed by atoms with van der Waals surface area (Å²) >= 11 is 6.13. The van der Waals surface area contributed by atoms with Gasteiger partial charge in [-0.2, -0.15) is 5.26 Å². The van der Waals surface area contributed by atoms with E-state index in [-0.39, 0.29) is 35.2 Å². The van der Waals surface area contributed by atoms with E-state index in [9.17, 15) is 10.1 Å². The molecule has 0 aliphatic carbocycles. The topological polar surface area (TPSA) is 72.2 Å². The first-order valence-corrected chi connectivity index (χ1v) is 7.40. The van der Waals surface area contributed by atoms with Crippen molar-refractivity contribution < 1.29 is 14.3 Å². The van der Waals surface area contributed by atoms with Gasteiger partial charge in [-0.3, -0.25) is 0 Å². The number of pyridine rings is 1. The van der Waals surface area contributed by atoms with Gasteiger partial charge in [0.2, 0.25) is 5.88 Å². The highest BCUT2D eigenvalue weighted by Crippen LogP contribution is 2.30. The van der Waals surface area contributed by atoms with Crippen molar-refractivity contribution in [2.75, 3.05) is 6.61 Å². The average molecular weight is 331 g/mol. The first-order valence-electron chi connectivity index (χ1n) is 7.02. The van der Waals surface area contributed by atoms with E-state index in [1.54, 1.807) is 13.8 Å². The van der Waals surface area contributed by atoms with Crippen molar-refractivity contribution in [3.63, 3.8) is 0 Å². The van der Waals surface area contributed by atoms with Gasteiger partial charge < -0.3 is 9.47 Å². The van der Waals surface area contributed by atoms with Crippen LogP contribution in [0.2, 0.25) is 5.02 Å². The summed E-state index contributed by atoms with van der Waals surface area (Å²) in [7, 11) is 0. The van der Waals surface area contributed by atoms with Gasteiger partial charge in [-0.25, -0.2) is 9.78 Å². The minimum Gasteiger partial charge on any atom is -0.472 e. The summed E-state index contributed by atoms with van der Waals surface area (Å²) in [5, 5.41) is 9.50. The van der Waals surface area contributed by atoms with E-state index in [0.717, 1.165) is 5.56 Å². The fraction of sp³-hybridized carbons (Fsp3) is 0.235.